The second-order valence-corrected chi connectivity index (χ2v) is 5.39. The molecule has 0 fully saturated rings. The van der Waals surface area contributed by atoms with E-state index in [0.29, 0.717) is 15.7 Å². The van der Waals surface area contributed by atoms with Crippen molar-refractivity contribution in [3.05, 3.63) is 62.8 Å². The van der Waals surface area contributed by atoms with E-state index in [1.165, 1.54) is 12.1 Å². The highest BCUT2D eigenvalue weighted by atomic mass is 35.5. The summed E-state index contributed by atoms with van der Waals surface area (Å²) < 4.78 is 13.3. The Morgan fingerprint density at radius 1 is 0.947 bits per heavy atom. The lowest BCUT2D eigenvalue weighted by Gasteiger charge is -2.16. The summed E-state index contributed by atoms with van der Waals surface area (Å²) in [6.07, 6.45) is 0. The molecule has 100 valence electrons. The van der Waals surface area contributed by atoms with Crippen molar-refractivity contribution in [1.29, 1.82) is 0 Å². The maximum absolute atomic E-state index is 13.3. The summed E-state index contributed by atoms with van der Waals surface area (Å²) in [7, 11) is 0. The van der Waals surface area contributed by atoms with E-state index in [-0.39, 0.29) is 11.1 Å². The topological polar surface area (TPSA) is 12.0 Å². The highest BCUT2D eigenvalue weighted by molar-refractivity contribution is 6.42. The lowest BCUT2D eigenvalue weighted by molar-refractivity contribution is 0.628. The van der Waals surface area contributed by atoms with Gasteiger partial charge in [-0.15, -0.1) is 0 Å². The Hall–Kier alpha value is -0.960. The summed E-state index contributed by atoms with van der Waals surface area (Å²) in [5.74, 6) is -0.451. The third kappa shape index (κ3) is 3.53. The number of rotatable bonds is 3. The molecule has 0 spiro atoms. The van der Waals surface area contributed by atoms with Crippen LogP contribution in [-0.4, -0.2) is 0 Å². The first kappa shape index (κ1) is 14.4. The third-order valence-electron chi connectivity index (χ3n) is 2.75. The summed E-state index contributed by atoms with van der Waals surface area (Å²) in [4.78, 5) is 0. The lowest BCUT2D eigenvalue weighted by atomic mass is 10.1. The van der Waals surface area contributed by atoms with Crippen LogP contribution < -0.4 is 5.32 Å². The molecule has 0 saturated heterocycles. The van der Waals surface area contributed by atoms with E-state index < -0.39 is 5.82 Å². The lowest BCUT2D eigenvalue weighted by Crippen LogP contribution is -2.06. The molecule has 2 rings (SSSR count). The second-order valence-electron chi connectivity index (χ2n) is 4.17. The fourth-order valence-electron chi connectivity index (χ4n) is 1.70. The van der Waals surface area contributed by atoms with E-state index in [1.807, 2.05) is 13.0 Å². The quantitative estimate of drug-likeness (QED) is 0.736. The fraction of sp³-hybridized carbons (Fsp3) is 0.143. The Bertz CT molecular complexity index is 601. The summed E-state index contributed by atoms with van der Waals surface area (Å²) in [5.41, 5.74) is 1.62. The molecular formula is C14H11Cl3FN. The van der Waals surface area contributed by atoms with Gasteiger partial charge in [0.2, 0.25) is 0 Å². The summed E-state index contributed by atoms with van der Waals surface area (Å²) in [6.45, 7) is 1.95. The highest BCUT2D eigenvalue weighted by Gasteiger charge is 2.09. The van der Waals surface area contributed by atoms with Gasteiger partial charge in [-0.2, -0.15) is 0 Å². The van der Waals surface area contributed by atoms with Gasteiger partial charge in [0.05, 0.1) is 15.1 Å². The van der Waals surface area contributed by atoms with Crippen LogP contribution in [0.2, 0.25) is 15.1 Å². The molecule has 1 N–H and O–H groups in total. The van der Waals surface area contributed by atoms with Gasteiger partial charge in [-0.1, -0.05) is 40.9 Å². The van der Waals surface area contributed by atoms with Gasteiger partial charge in [0.25, 0.3) is 0 Å². The van der Waals surface area contributed by atoms with Crippen molar-refractivity contribution in [3.63, 3.8) is 0 Å². The average molecular weight is 319 g/mol. The fourth-order valence-corrected chi connectivity index (χ4v) is 2.13. The van der Waals surface area contributed by atoms with Gasteiger partial charge in [-0.25, -0.2) is 4.39 Å². The smallest absolute Gasteiger partial charge is 0.143 e. The van der Waals surface area contributed by atoms with Gasteiger partial charge in [-0.05, 0) is 42.8 Å². The molecule has 0 aliphatic rings. The van der Waals surface area contributed by atoms with Crippen molar-refractivity contribution < 1.29 is 4.39 Å². The number of hydrogen-bond acceptors (Lipinski definition) is 1. The first-order chi connectivity index (χ1) is 8.97. The number of anilines is 1. The molecule has 0 amide bonds. The second kappa shape index (κ2) is 6.00. The van der Waals surface area contributed by atoms with Crippen molar-refractivity contribution >= 4 is 40.5 Å². The van der Waals surface area contributed by atoms with Crippen LogP contribution in [0.25, 0.3) is 0 Å². The number of nitrogens with one attached hydrogen (secondary N) is 1. The zero-order chi connectivity index (χ0) is 14.0. The summed E-state index contributed by atoms with van der Waals surface area (Å²) in [5, 5.41) is 4.28. The molecule has 1 nitrogen and oxygen atoms in total. The molecule has 0 saturated carbocycles. The van der Waals surface area contributed by atoms with Crippen LogP contribution in [0.4, 0.5) is 10.1 Å². The Labute approximate surface area is 126 Å². The highest BCUT2D eigenvalue weighted by Crippen LogP contribution is 2.28. The Balaban J connectivity index is 2.17. The molecule has 2 aromatic rings. The van der Waals surface area contributed by atoms with Crippen LogP contribution in [-0.2, 0) is 0 Å². The van der Waals surface area contributed by atoms with Gasteiger partial charge in [0.15, 0.2) is 0 Å². The summed E-state index contributed by atoms with van der Waals surface area (Å²) in [6, 6.07) is 9.96. The molecule has 0 aliphatic heterocycles. The van der Waals surface area contributed by atoms with Crippen molar-refractivity contribution in [1.82, 2.24) is 0 Å². The first-order valence-corrected chi connectivity index (χ1v) is 6.77. The monoisotopic (exact) mass is 317 g/mol. The molecule has 19 heavy (non-hydrogen) atoms. The van der Waals surface area contributed by atoms with E-state index in [9.17, 15) is 4.39 Å². The van der Waals surface area contributed by atoms with E-state index in [2.05, 4.69) is 5.32 Å². The molecule has 0 heterocycles. The first-order valence-electron chi connectivity index (χ1n) is 5.64. The van der Waals surface area contributed by atoms with Gasteiger partial charge < -0.3 is 5.32 Å². The van der Waals surface area contributed by atoms with E-state index in [1.54, 1.807) is 18.2 Å². The maximum Gasteiger partial charge on any atom is 0.143 e. The Morgan fingerprint density at radius 3 is 2.26 bits per heavy atom. The summed E-state index contributed by atoms with van der Waals surface area (Å²) >= 11 is 17.5. The molecule has 2 aromatic carbocycles. The number of hydrogen-bond donors (Lipinski definition) is 1. The minimum Gasteiger partial charge on any atom is -0.378 e. The largest absolute Gasteiger partial charge is 0.378 e. The van der Waals surface area contributed by atoms with Crippen LogP contribution >= 0.6 is 34.8 Å². The zero-order valence-electron chi connectivity index (χ0n) is 10.1. The van der Waals surface area contributed by atoms with Gasteiger partial charge >= 0.3 is 0 Å². The van der Waals surface area contributed by atoms with Crippen LogP contribution in [0.5, 0.6) is 0 Å². The van der Waals surface area contributed by atoms with Crippen molar-refractivity contribution in [2.24, 2.45) is 0 Å². The van der Waals surface area contributed by atoms with Crippen LogP contribution in [0.3, 0.4) is 0 Å². The molecule has 1 atom stereocenters. The van der Waals surface area contributed by atoms with E-state index in [4.69, 9.17) is 34.8 Å². The molecule has 0 bridgehead atoms. The average Bonchev–Trinajstić information content (AvgIpc) is 2.37. The maximum atomic E-state index is 13.3. The molecule has 1 unspecified atom stereocenters. The SMILES string of the molecule is CC(Nc1ccc(Cl)c(F)c1)c1ccc(Cl)c(Cl)c1. The Morgan fingerprint density at radius 2 is 1.63 bits per heavy atom. The van der Waals surface area contributed by atoms with Crippen LogP contribution in [0, 0.1) is 5.82 Å². The van der Waals surface area contributed by atoms with Crippen LogP contribution in [0.15, 0.2) is 36.4 Å². The molecular weight excluding hydrogens is 308 g/mol. The van der Waals surface area contributed by atoms with Gasteiger partial charge in [0, 0.05) is 11.7 Å². The minimum atomic E-state index is -0.451. The standard InChI is InChI=1S/C14H11Cl3FN/c1-8(9-2-4-11(15)13(17)6-9)19-10-3-5-12(16)14(18)7-10/h2-8,19H,1H3. The third-order valence-corrected chi connectivity index (χ3v) is 3.79. The predicted octanol–water partition coefficient (Wildman–Crippen LogP) is 5.96. The predicted molar refractivity (Wildman–Crippen MR) is 79.9 cm³/mol. The molecule has 5 heteroatoms. The van der Waals surface area contributed by atoms with Crippen molar-refractivity contribution in [2.45, 2.75) is 13.0 Å². The van der Waals surface area contributed by atoms with Crippen LogP contribution in [0.1, 0.15) is 18.5 Å². The molecule has 0 aromatic heterocycles. The molecule has 0 aliphatic carbocycles. The number of benzene rings is 2. The van der Waals surface area contributed by atoms with Crippen molar-refractivity contribution in [2.75, 3.05) is 5.32 Å². The normalized spacial score (nSPS) is 12.3. The van der Waals surface area contributed by atoms with E-state index in [0.717, 1.165) is 5.56 Å². The van der Waals surface area contributed by atoms with Gasteiger partial charge in [-0.3, -0.25) is 0 Å². The van der Waals surface area contributed by atoms with Crippen molar-refractivity contribution in [3.8, 4) is 0 Å². The van der Waals surface area contributed by atoms with Gasteiger partial charge in [0.1, 0.15) is 5.82 Å². The Kier molecular flexibility index (Phi) is 4.56. The zero-order valence-corrected chi connectivity index (χ0v) is 12.3. The number of halogens is 4. The van der Waals surface area contributed by atoms with E-state index >= 15 is 0 Å². The molecule has 0 radical (unpaired) electrons. The minimum absolute atomic E-state index is 0.0321.